The zero-order chi connectivity index (χ0) is 14.2. The number of anilines is 2. The first-order valence-electron chi connectivity index (χ1n) is 5.47. The number of hydrogen-bond acceptors (Lipinski definition) is 4. The molecule has 0 saturated carbocycles. The highest BCUT2D eigenvalue weighted by Crippen LogP contribution is 2.32. The Morgan fingerprint density at radius 2 is 2.05 bits per heavy atom. The summed E-state index contributed by atoms with van der Waals surface area (Å²) in [4.78, 5) is 13.0. The quantitative estimate of drug-likeness (QED) is 0.795. The number of carbonyl (C=O) groups is 1. The van der Waals surface area contributed by atoms with Crippen LogP contribution in [0.1, 0.15) is 6.42 Å². The number of nitrogens with two attached hydrogens (primary N) is 2. The minimum Gasteiger partial charge on any atom is -0.406 e. The fraction of sp³-hybridized carbons (Fsp3) is 0.364. The average molecular weight is 275 g/mol. The lowest BCUT2D eigenvalue weighted by Crippen LogP contribution is -2.28. The fourth-order valence-corrected chi connectivity index (χ4v) is 1.94. The third-order valence-electron chi connectivity index (χ3n) is 2.68. The molecule has 1 aromatic rings. The normalized spacial score (nSPS) is 19.9. The van der Waals surface area contributed by atoms with Gasteiger partial charge < -0.3 is 21.1 Å². The monoisotopic (exact) mass is 275 g/mol. The van der Waals surface area contributed by atoms with Crippen LogP contribution >= 0.6 is 0 Å². The summed E-state index contributed by atoms with van der Waals surface area (Å²) >= 11 is 0. The number of amides is 1. The molecule has 1 amide bonds. The summed E-state index contributed by atoms with van der Waals surface area (Å²) in [6, 6.07) is 3.15. The number of hydrogen-bond donors (Lipinski definition) is 2. The molecule has 8 heteroatoms. The maximum Gasteiger partial charge on any atom is 0.573 e. The highest BCUT2D eigenvalue weighted by molar-refractivity contribution is 5.99. The van der Waals surface area contributed by atoms with Crippen LogP contribution in [0.15, 0.2) is 18.2 Å². The Labute approximate surface area is 106 Å². The zero-order valence-corrected chi connectivity index (χ0v) is 9.78. The van der Waals surface area contributed by atoms with Crippen molar-refractivity contribution < 1.29 is 22.7 Å². The summed E-state index contributed by atoms with van der Waals surface area (Å²) < 4.78 is 39.9. The SMILES string of the molecule is Nc1cc(OC(F)(F)F)ccc1N1CC(N)CC1=O. The first-order chi connectivity index (χ1) is 8.76. The Balaban J connectivity index is 2.22. The molecule has 0 bridgehead atoms. The molecule has 0 radical (unpaired) electrons. The third kappa shape index (κ3) is 3.08. The summed E-state index contributed by atoms with van der Waals surface area (Å²) in [5.74, 6) is -0.631. The second kappa shape index (κ2) is 4.61. The lowest BCUT2D eigenvalue weighted by atomic mass is 10.2. The van der Waals surface area contributed by atoms with Crippen molar-refractivity contribution in [3.8, 4) is 5.75 Å². The van der Waals surface area contributed by atoms with Gasteiger partial charge in [0.05, 0.1) is 11.4 Å². The van der Waals surface area contributed by atoms with E-state index in [0.717, 1.165) is 12.1 Å². The molecule has 1 aromatic carbocycles. The van der Waals surface area contributed by atoms with Gasteiger partial charge in [-0.15, -0.1) is 13.2 Å². The third-order valence-corrected chi connectivity index (χ3v) is 2.68. The van der Waals surface area contributed by atoms with E-state index in [9.17, 15) is 18.0 Å². The second-order valence-corrected chi connectivity index (χ2v) is 4.24. The Morgan fingerprint density at radius 1 is 1.37 bits per heavy atom. The van der Waals surface area contributed by atoms with Crippen molar-refractivity contribution in [1.82, 2.24) is 0 Å². The molecule has 0 aromatic heterocycles. The lowest BCUT2D eigenvalue weighted by Gasteiger charge is -2.19. The van der Waals surface area contributed by atoms with Crippen molar-refractivity contribution in [2.75, 3.05) is 17.2 Å². The predicted molar refractivity (Wildman–Crippen MR) is 62.5 cm³/mol. The van der Waals surface area contributed by atoms with Crippen molar-refractivity contribution >= 4 is 17.3 Å². The van der Waals surface area contributed by atoms with E-state index in [1.165, 1.54) is 11.0 Å². The van der Waals surface area contributed by atoms with Crippen LogP contribution in [0.3, 0.4) is 0 Å². The Kier molecular flexibility index (Phi) is 3.27. The topological polar surface area (TPSA) is 81.6 Å². The number of benzene rings is 1. The molecule has 2 rings (SSSR count). The second-order valence-electron chi connectivity index (χ2n) is 4.24. The molecule has 1 fully saturated rings. The lowest BCUT2D eigenvalue weighted by molar-refractivity contribution is -0.274. The Hall–Kier alpha value is -1.96. The predicted octanol–water partition coefficient (Wildman–Crippen LogP) is 1.23. The molecule has 0 aliphatic carbocycles. The van der Waals surface area contributed by atoms with E-state index < -0.39 is 12.1 Å². The van der Waals surface area contributed by atoms with E-state index in [1.807, 2.05) is 0 Å². The van der Waals surface area contributed by atoms with Crippen molar-refractivity contribution in [3.63, 3.8) is 0 Å². The van der Waals surface area contributed by atoms with Gasteiger partial charge in [0, 0.05) is 25.1 Å². The van der Waals surface area contributed by atoms with Gasteiger partial charge in [-0.1, -0.05) is 0 Å². The molecule has 5 nitrogen and oxygen atoms in total. The molecule has 1 aliphatic heterocycles. The first kappa shape index (κ1) is 13.5. The van der Waals surface area contributed by atoms with E-state index in [0.29, 0.717) is 12.2 Å². The van der Waals surface area contributed by atoms with Crippen LogP contribution in [0.25, 0.3) is 0 Å². The minimum absolute atomic E-state index is 0.0317. The Bertz CT molecular complexity index is 504. The van der Waals surface area contributed by atoms with E-state index in [2.05, 4.69) is 4.74 Å². The smallest absolute Gasteiger partial charge is 0.406 e. The standard InChI is InChI=1S/C11H12F3N3O2/c12-11(13,14)19-7-1-2-9(8(16)4-7)17-5-6(15)3-10(17)18/h1-2,4,6H,3,5,15-16H2. The highest BCUT2D eigenvalue weighted by atomic mass is 19.4. The van der Waals surface area contributed by atoms with Gasteiger partial charge in [0.15, 0.2) is 0 Å². The highest BCUT2D eigenvalue weighted by Gasteiger charge is 2.32. The van der Waals surface area contributed by atoms with Crippen molar-refractivity contribution in [2.24, 2.45) is 5.73 Å². The number of rotatable bonds is 2. The molecule has 1 saturated heterocycles. The number of halogens is 3. The van der Waals surface area contributed by atoms with Gasteiger partial charge in [0.2, 0.25) is 5.91 Å². The number of nitrogens with zero attached hydrogens (tertiary/aromatic N) is 1. The number of carbonyl (C=O) groups excluding carboxylic acids is 1. The van der Waals surface area contributed by atoms with Gasteiger partial charge in [-0.25, -0.2) is 0 Å². The van der Waals surface area contributed by atoms with E-state index >= 15 is 0 Å². The van der Waals surface area contributed by atoms with Crippen LogP contribution in [-0.2, 0) is 4.79 Å². The summed E-state index contributed by atoms with van der Waals surface area (Å²) in [6.45, 7) is 0.294. The van der Waals surface area contributed by atoms with Crippen LogP contribution in [0.4, 0.5) is 24.5 Å². The summed E-state index contributed by atoms with van der Waals surface area (Å²) in [7, 11) is 0. The summed E-state index contributed by atoms with van der Waals surface area (Å²) in [6.07, 6.45) is -4.58. The molecular formula is C11H12F3N3O2. The maximum atomic E-state index is 12.0. The van der Waals surface area contributed by atoms with E-state index in [1.54, 1.807) is 0 Å². The van der Waals surface area contributed by atoms with Crippen molar-refractivity contribution in [2.45, 2.75) is 18.8 Å². The van der Waals surface area contributed by atoms with E-state index in [-0.39, 0.29) is 24.1 Å². The van der Waals surface area contributed by atoms with Gasteiger partial charge in [-0.2, -0.15) is 0 Å². The van der Waals surface area contributed by atoms with Gasteiger partial charge in [-0.3, -0.25) is 4.79 Å². The minimum atomic E-state index is -4.78. The number of alkyl halides is 3. The molecule has 4 N–H and O–H groups in total. The molecule has 1 aliphatic rings. The zero-order valence-electron chi connectivity index (χ0n) is 9.78. The van der Waals surface area contributed by atoms with Crippen molar-refractivity contribution in [1.29, 1.82) is 0 Å². The van der Waals surface area contributed by atoms with Crippen LogP contribution in [-0.4, -0.2) is 24.9 Å². The first-order valence-corrected chi connectivity index (χ1v) is 5.47. The summed E-state index contributed by atoms with van der Waals surface area (Å²) in [5.41, 5.74) is 11.7. The molecule has 1 heterocycles. The molecule has 19 heavy (non-hydrogen) atoms. The molecular weight excluding hydrogens is 263 g/mol. The summed E-state index contributed by atoms with van der Waals surface area (Å²) in [5, 5.41) is 0. The maximum absolute atomic E-state index is 12.0. The van der Waals surface area contributed by atoms with Gasteiger partial charge in [0.25, 0.3) is 0 Å². The van der Waals surface area contributed by atoms with Gasteiger partial charge in [-0.05, 0) is 12.1 Å². The van der Waals surface area contributed by atoms with Crippen LogP contribution in [0, 0.1) is 0 Å². The van der Waals surface area contributed by atoms with Gasteiger partial charge in [0.1, 0.15) is 5.75 Å². The molecule has 0 spiro atoms. The van der Waals surface area contributed by atoms with E-state index in [4.69, 9.17) is 11.5 Å². The Morgan fingerprint density at radius 3 is 2.53 bits per heavy atom. The largest absolute Gasteiger partial charge is 0.573 e. The average Bonchev–Trinajstić information content (AvgIpc) is 2.55. The van der Waals surface area contributed by atoms with Crippen LogP contribution in [0.2, 0.25) is 0 Å². The number of nitrogen functional groups attached to an aromatic ring is 1. The van der Waals surface area contributed by atoms with Gasteiger partial charge >= 0.3 is 6.36 Å². The van der Waals surface area contributed by atoms with Crippen LogP contribution in [0.5, 0.6) is 5.75 Å². The number of ether oxygens (including phenoxy) is 1. The molecule has 1 unspecified atom stereocenters. The molecule has 1 atom stereocenters. The van der Waals surface area contributed by atoms with Crippen LogP contribution < -0.4 is 21.1 Å². The fourth-order valence-electron chi connectivity index (χ4n) is 1.94. The van der Waals surface area contributed by atoms with Crippen molar-refractivity contribution in [3.05, 3.63) is 18.2 Å². The molecule has 104 valence electrons.